The number of azo groups is 1. The van der Waals surface area contributed by atoms with Crippen molar-refractivity contribution in [2.24, 2.45) is 10.2 Å². The molecule has 3 rings (SSSR count). The third-order valence-electron chi connectivity index (χ3n) is 4.11. The molecule has 0 aromatic heterocycles. The molecule has 3 aromatic rings. The van der Waals surface area contributed by atoms with Crippen LogP contribution in [0.4, 0.5) is 11.4 Å². The molecule has 0 aliphatic rings. The van der Waals surface area contributed by atoms with Gasteiger partial charge in [-0.15, -0.1) is 5.11 Å². The Morgan fingerprint density at radius 1 is 1.10 bits per heavy atom. The van der Waals surface area contributed by atoms with E-state index >= 15 is 0 Å². The SMILES string of the molecule is Cc1c(Cl)cc(S(=O)(=O)[O-])c(N=Nc2c([O-])c(C(=O)O)cc3ccccc23)c1Cl.[Ca+2]. The zero-order valence-electron chi connectivity index (χ0n) is 15.2. The molecule has 0 heterocycles. The van der Waals surface area contributed by atoms with Gasteiger partial charge in [-0.2, -0.15) is 5.11 Å². The van der Waals surface area contributed by atoms with Crippen LogP contribution < -0.4 is 5.11 Å². The molecule has 0 saturated carbocycles. The van der Waals surface area contributed by atoms with Crippen LogP contribution in [0.25, 0.3) is 10.8 Å². The minimum Gasteiger partial charge on any atom is -0.870 e. The molecule has 0 bridgehead atoms. The fourth-order valence-electron chi connectivity index (χ4n) is 2.63. The van der Waals surface area contributed by atoms with Crippen LogP contribution in [0.2, 0.25) is 10.0 Å². The van der Waals surface area contributed by atoms with Crippen molar-refractivity contribution in [3.8, 4) is 5.75 Å². The van der Waals surface area contributed by atoms with Crippen molar-refractivity contribution < 1.29 is 28.0 Å². The van der Waals surface area contributed by atoms with Crippen molar-refractivity contribution in [3.05, 3.63) is 57.6 Å². The summed E-state index contributed by atoms with van der Waals surface area (Å²) in [4.78, 5) is 10.6. The Hall–Kier alpha value is -1.46. The van der Waals surface area contributed by atoms with Crippen molar-refractivity contribution in [1.82, 2.24) is 0 Å². The first-order chi connectivity index (χ1) is 13.5. The van der Waals surface area contributed by atoms with E-state index in [1.54, 1.807) is 18.2 Å². The summed E-state index contributed by atoms with van der Waals surface area (Å²) in [5.74, 6) is -2.38. The van der Waals surface area contributed by atoms with Gasteiger partial charge in [-0.1, -0.05) is 53.2 Å². The van der Waals surface area contributed by atoms with E-state index < -0.39 is 38.0 Å². The average Bonchev–Trinajstić information content (AvgIpc) is 2.65. The number of carbonyl (C=O) groups is 1. The van der Waals surface area contributed by atoms with Gasteiger partial charge in [0.2, 0.25) is 0 Å². The molecule has 0 atom stereocenters. The summed E-state index contributed by atoms with van der Waals surface area (Å²) in [5, 5.41) is 29.7. The molecule has 0 saturated heterocycles. The first-order valence-electron chi connectivity index (χ1n) is 7.84. The van der Waals surface area contributed by atoms with E-state index in [1.165, 1.54) is 19.1 Å². The van der Waals surface area contributed by atoms with E-state index in [9.17, 15) is 28.0 Å². The molecule has 12 heteroatoms. The maximum absolute atomic E-state index is 12.6. The Balaban J connectivity index is 0.00000320. The maximum Gasteiger partial charge on any atom is 2.00 e. The number of benzene rings is 3. The third-order valence-corrected chi connectivity index (χ3v) is 5.82. The predicted molar refractivity (Wildman–Crippen MR) is 109 cm³/mol. The number of aromatic carboxylic acids is 1. The Bertz CT molecular complexity index is 1310. The van der Waals surface area contributed by atoms with Gasteiger partial charge in [-0.05, 0) is 30.0 Å². The minimum absolute atomic E-state index is 0. The van der Waals surface area contributed by atoms with Crippen LogP contribution in [0.15, 0.2) is 51.5 Å². The molecular weight excluding hydrogens is 483 g/mol. The number of halogens is 2. The summed E-state index contributed by atoms with van der Waals surface area (Å²) >= 11 is 12.0. The summed E-state index contributed by atoms with van der Waals surface area (Å²) in [7, 11) is -5.02. The number of hydrogen-bond acceptors (Lipinski definition) is 7. The topological polar surface area (TPSA) is 142 Å². The van der Waals surface area contributed by atoms with Gasteiger partial charge in [0.15, 0.2) is 0 Å². The van der Waals surface area contributed by atoms with Gasteiger partial charge in [-0.25, -0.2) is 13.2 Å². The van der Waals surface area contributed by atoms with Crippen LogP contribution >= 0.6 is 23.2 Å². The van der Waals surface area contributed by atoms with Crippen molar-refractivity contribution in [3.63, 3.8) is 0 Å². The molecule has 30 heavy (non-hydrogen) atoms. The van der Waals surface area contributed by atoms with Crippen LogP contribution in [-0.2, 0) is 10.1 Å². The summed E-state index contributed by atoms with van der Waals surface area (Å²) < 4.78 is 34.8. The molecule has 8 nitrogen and oxygen atoms in total. The molecule has 0 aliphatic heterocycles. The monoisotopic (exact) mass is 492 g/mol. The number of nitrogens with zero attached hydrogens (tertiary/aromatic N) is 2. The summed E-state index contributed by atoms with van der Waals surface area (Å²) in [6.07, 6.45) is 0. The molecule has 0 amide bonds. The second-order valence-corrected chi connectivity index (χ2v) is 8.06. The Labute approximate surface area is 210 Å². The van der Waals surface area contributed by atoms with Gasteiger partial charge < -0.3 is 14.8 Å². The predicted octanol–water partition coefficient (Wildman–Crippen LogP) is 4.17. The third kappa shape index (κ3) is 4.72. The molecule has 1 N–H and O–H groups in total. The molecule has 0 spiro atoms. The van der Waals surface area contributed by atoms with E-state index in [4.69, 9.17) is 23.2 Å². The first kappa shape index (κ1) is 24.8. The fourth-order valence-corrected chi connectivity index (χ4v) is 3.89. The van der Waals surface area contributed by atoms with Crippen molar-refractivity contribution >= 4 is 99.2 Å². The number of hydrogen-bond donors (Lipinski definition) is 1. The molecule has 0 unspecified atom stereocenters. The number of carboxylic acid groups (broad SMARTS) is 1. The largest absolute Gasteiger partial charge is 2.00 e. The van der Waals surface area contributed by atoms with Gasteiger partial charge in [0.25, 0.3) is 0 Å². The zero-order chi connectivity index (χ0) is 21.5. The summed E-state index contributed by atoms with van der Waals surface area (Å²) in [5.41, 5.74) is -1.11. The normalized spacial score (nSPS) is 11.6. The van der Waals surface area contributed by atoms with Crippen LogP contribution in [-0.4, -0.2) is 61.8 Å². The van der Waals surface area contributed by atoms with Gasteiger partial charge in [0, 0.05) is 10.4 Å². The van der Waals surface area contributed by atoms with Crippen LogP contribution in [0, 0.1) is 6.92 Å². The van der Waals surface area contributed by atoms with E-state index in [-0.39, 0.29) is 59.0 Å². The standard InChI is InChI=1S/C18H12Cl2N2O6S.Ca/c1-8-12(19)7-13(29(26,27)28)16(14(8)20)22-21-15-10-5-3-2-4-9(10)6-11(17(15)23)18(24)25;/h2-7,23H,1H3,(H,24,25)(H,26,27,28);/q;+2/p-2. The van der Waals surface area contributed by atoms with Crippen molar-refractivity contribution in [1.29, 1.82) is 0 Å². The van der Waals surface area contributed by atoms with E-state index in [0.29, 0.717) is 10.8 Å². The molecule has 3 aromatic carbocycles. The molecule has 150 valence electrons. The Morgan fingerprint density at radius 3 is 2.30 bits per heavy atom. The second kappa shape index (κ2) is 9.35. The van der Waals surface area contributed by atoms with Gasteiger partial charge in [-0.3, -0.25) is 0 Å². The molecule has 0 aliphatic carbocycles. The number of rotatable bonds is 4. The number of fused-ring (bicyclic) bond motifs is 1. The average molecular weight is 493 g/mol. The van der Waals surface area contributed by atoms with Gasteiger partial charge >= 0.3 is 43.7 Å². The van der Waals surface area contributed by atoms with E-state index in [2.05, 4.69) is 10.2 Å². The molecular formula is C18H10CaCl2N2O6S. The van der Waals surface area contributed by atoms with E-state index in [1.807, 2.05) is 0 Å². The Morgan fingerprint density at radius 2 is 1.70 bits per heavy atom. The van der Waals surface area contributed by atoms with E-state index in [0.717, 1.165) is 6.07 Å². The maximum atomic E-state index is 12.6. The zero-order valence-corrected chi connectivity index (χ0v) is 19.8. The van der Waals surface area contributed by atoms with Crippen molar-refractivity contribution in [2.75, 3.05) is 0 Å². The van der Waals surface area contributed by atoms with Gasteiger partial charge in [0.1, 0.15) is 15.8 Å². The second-order valence-electron chi connectivity index (χ2n) is 5.93. The summed E-state index contributed by atoms with van der Waals surface area (Å²) in [6, 6.07) is 8.44. The molecule has 0 radical (unpaired) electrons. The van der Waals surface area contributed by atoms with Gasteiger partial charge in [0.05, 0.1) is 21.2 Å². The van der Waals surface area contributed by atoms with Crippen molar-refractivity contribution in [2.45, 2.75) is 11.8 Å². The minimum atomic E-state index is -5.02. The smallest absolute Gasteiger partial charge is 0.870 e. The Kier molecular flexibility index (Phi) is 7.73. The van der Waals surface area contributed by atoms with Crippen LogP contribution in [0.3, 0.4) is 0 Å². The fraction of sp³-hybridized carbons (Fsp3) is 0.0556. The quantitative estimate of drug-likeness (QED) is 0.328. The van der Waals surface area contributed by atoms with Crippen LogP contribution in [0.1, 0.15) is 15.9 Å². The molecule has 0 fully saturated rings. The first-order valence-corrected chi connectivity index (χ1v) is 10.0. The van der Waals surface area contributed by atoms with Crippen LogP contribution in [0.5, 0.6) is 5.75 Å². The summed E-state index contributed by atoms with van der Waals surface area (Å²) in [6.45, 7) is 1.48. The number of carboxylic acids is 1.